The number of aliphatic hydroxyl groups excluding tert-OH is 1. The molecule has 42 heavy (non-hydrogen) atoms. The average molecular weight is 579 g/mol. The van der Waals surface area contributed by atoms with Gasteiger partial charge in [0.05, 0.1) is 6.10 Å². The van der Waals surface area contributed by atoms with E-state index in [1.54, 1.807) is 12.2 Å². The third kappa shape index (κ3) is 6.21. The Balaban J connectivity index is 1.36. The minimum Gasteiger partial charge on any atom is -0.454 e. The van der Waals surface area contributed by atoms with Crippen LogP contribution in [0.5, 0.6) is 0 Å². The molecule has 6 nitrogen and oxygen atoms in total. The zero-order valence-corrected chi connectivity index (χ0v) is 26.4. The first-order valence-corrected chi connectivity index (χ1v) is 15.7. The predicted octanol–water partition coefficient (Wildman–Crippen LogP) is 6.53. The molecule has 230 valence electrons. The van der Waals surface area contributed by atoms with Crippen molar-refractivity contribution in [3.8, 4) is 0 Å². The fourth-order valence-corrected chi connectivity index (χ4v) is 8.60. The van der Waals surface area contributed by atoms with E-state index in [1.165, 1.54) is 17.2 Å². The number of hydrogen-bond donors (Lipinski definition) is 2. The normalized spacial score (nSPS) is 36.0. The summed E-state index contributed by atoms with van der Waals surface area (Å²) in [6, 6.07) is 0. The molecule has 0 aromatic heterocycles. The number of aliphatic hydroxyl groups is 2. The molecule has 0 spiro atoms. The summed E-state index contributed by atoms with van der Waals surface area (Å²) in [6.07, 6.45) is 16.9. The molecule has 0 bridgehead atoms. The first-order valence-electron chi connectivity index (χ1n) is 15.7. The minimum absolute atomic E-state index is 0.00542. The zero-order chi connectivity index (χ0) is 30.9. The molecule has 4 rings (SSSR count). The van der Waals surface area contributed by atoms with Gasteiger partial charge in [-0.2, -0.15) is 0 Å². The number of ketones is 2. The third-order valence-corrected chi connectivity index (χ3v) is 10.9. The van der Waals surface area contributed by atoms with Crippen molar-refractivity contribution in [3.63, 3.8) is 0 Å². The molecule has 0 amide bonds. The number of ether oxygens (including phenoxy) is 1. The molecule has 0 aromatic rings. The fraction of sp³-hybridized carbons (Fsp3) is 0.639. The summed E-state index contributed by atoms with van der Waals surface area (Å²) >= 11 is 0. The fourth-order valence-electron chi connectivity index (χ4n) is 8.60. The first-order chi connectivity index (χ1) is 19.7. The van der Waals surface area contributed by atoms with Gasteiger partial charge >= 0.3 is 5.97 Å². The highest BCUT2D eigenvalue weighted by molar-refractivity contribution is 6.01. The Bertz CT molecular complexity index is 1250. The Morgan fingerprint density at radius 2 is 1.74 bits per heavy atom. The van der Waals surface area contributed by atoms with E-state index in [4.69, 9.17) is 4.74 Å². The molecule has 3 saturated carbocycles. The van der Waals surface area contributed by atoms with Crippen LogP contribution in [0.2, 0.25) is 0 Å². The van der Waals surface area contributed by atoms with Crippen LogP contribution in [0.1, 0.15) is 99.3 Å². The lowest BCUT2D eigenvalue weighted by molar-refractivity contribution is -0.180. The maximum absolute atomic E-state index is 13.5. The summed E-state index contributed by atoms with van der Waals surface area (Å²) in [7, 11) is 0. The van der Waals surface area contributed by atoms with Gasteiger partial charge < -0.3 is 14.9 Å². The first kappa shape index (κ1) is 32.3. The number of rotatable bonds is 10. The smallest absolute Gasteiger partial charge is 0.331 e. The number of carbonyl (C=O) groups is 3. The van der Waals surface area contributed by atoms with Crippen LogP contribution in [0.3, 0.4) is 0 Å². The van der Waals surface area contributed by atoms with Gasteiger partial charge in [0.15, 0.2) is 12.4 Å². The van der Waals surface area contributed by atoms with Crippen LogP contribution in [0.25, 0.3) is 0 Å². The zero-order valence-electron chi connectivity index (χ0n) is 26.4. The van der Waals surface area contributed by atoms with E-state index in [2.05, 4.69) is 39.8 Å². The second-order valence-corrected chi connectivity index (χ2v) is 14.0. The molecule has 0 heterocycles. The van der Waals surface area contributed by atoms with Crippen LogP contribution in [-0.2, 0) is 19.1 Å². The predicted molar refractivity (Wildman–Crippen MR) is 164 cm³/mol. The summed E-state index contributed by atoms with van der Waals surface area (Å²) in [5, 5.41) is 23.4. The molecule has 6 heteroatoms. The Kier molecular flexibility index (Phi) is 9.69. The molecule has 4 aliphatic rings. The summed E-state index contributed by atoms with van der Waals surface area (Å²) in [6.45, 7) is 11.8. The van der Waals surface area contributed by atoms with E-state index in [0.717, 1.165) is 49.7 Å². The van der Waals surface area contributed by atoms with Crippen molar-refractivity contribution in [1.82, 2.24) is 0 Å². The number of esters is 1. The van der Waals surface area contributed by atoms with Crippen LogP contribution in [0.15, 0.2) is 58.7 Å². The van der Waals surface area contributed by atoms with E-state index in [0.29, 0.717) is 19.3 Å². The van der Waals surface area contributed by atoms with Gasteiger partial charge in [0.25, 0.3) is 0 Å². The van der Waals surface area contributed by atoms with Gasteiger partial charge in [-0.15, -0.1) is 0 Å². The molecule has 0 radical (unpaired) electrons. The van der Waals surface area contributed by atoms with Gasteiger partial charge in [-0.1, -0.05) is 54.4 Å². The van der Waals surface area contributed by atoms with Crippen molar-refractivity contribution in [2.45, 2.75) is 111 Å². The van der Waals surface area contributed by atoms with Gasteiger partial charge in [0.1, 0.15) is 5.60 Å². The molecule has 0 saturated heterocycles. The average Bonchev–Trinajstić information content (AvgIpc) is 3.18. The number of hydrogen-bond acceptors (Lipinski definition) is 6. The monoisotopic (exact) mass is 578 g/mol. The Morgan fingerprint density at radius 3 is 2.45 bits per heavy atom. The van der Waals surface area contributed by atoms with Gasteiger partial charge in [-0.25, -0.2) is 4.79 Å². The maximum Gasteiger partial charge on any atom is 0.331 e. The highest BCUT2D eigenvalue weighted by Crippen LogP contribution is 2.67. The number of fused-ring (bicyclic) bond motifs is 5. The van der Waals surface area contributed by atoms with E-state index < -0.39 is 40.9 Å². The van der Waals surface area contributed by atoms with Crippen molar-refractivity contribution in [1.29, 1.82) is 0 Å². The van der Waals surface area contributed by atoms with Crippen LogP contribution in [0.4, 0.5) is 0 Å². The summed E-state index contributed by atoms with van der Waals surface area (Å²) < 4.78 is 5.35. The van der Waals surface area contributed by atoms with Crippen LogP contribution < -0.4 is 0 Å². The lowest BCUT2D eigenvalue weighted by atomic mass is 9.46. The van der Waals surface area contributed by atoms with Crippen molar-refractivity contribution in [2.24, 2.45) is 28.6 Å². The standard InChI is InChI=1S/C36H50O6/c1-23(2)9-7-10-24(3)11-8-12-25(4)19-32(40)42-22-31(39)36(41)18-16-29-28-14-13-26-20-27(37)15-17-34(26,5)33(28)30(38)21-35(29,36)6/h9,11,15,17,19-20,28-30,33,38,41H,7-8,10,12-14,16,18,21-22H2,1-6H3/t28-,29-,30-,33+,34-,35-,36-/m0/s1. The second-order valence-electron chi connectivity index (χ2n) is 14.0. The quantitative estimate of drug-likeness (QED) is 0.174. The number of Topliss-reactive ketones (excluding diaryl/α,β-unsaturated/α-hetero) is 1. The summed E-state index contributed by atoms with van der Waals surface area (Å²) in [4.78, 5) is 38.1. The van der Waals surface area contributed by atoms with E-state index in [-0.39, 0.29) is 23.5 Å². The second kappa shape index (κ2) is 12.6. The van der Waals surface area contributed by atoms with Crippen LogP contribution >= 0.6 is 0 Å². The van der Waals surface area contributed by atoms with Crippen LogP contribution in [0, 0.1) is 28.6 Å². The molecule has 2 N–H and O–H groups in total. The van der Waals surface area contributed by atoms with Crippen LogP contribution in [-0.4, -0.2) is 46.1 Å². The topological polar surface area (TPSA) is 101 Å². The molecule has 4 aliphatic carbocycles. The molecule has 0 aromatic carbocycles. The van der Waals surface area contributed by atoms with E-state index >= 15 is 0 Å². The van der Waals surface area contributed by atoms with Gasteiger partial charge in [-0.05, 0) is 109 Å². The van der Waals surface area contributed by atoms with Crippen molar-refractivity contribution < 1.29 is 29.3 Å². The SMILES string of the molecule is CC(C)=CCCC(C)=CCCC(C)=CC(=O)OCC(=O)[C@@]1(O)CC[C@H]2[C@@H]3CCC4=CC(=O)C=C[C@]4(C)[C@H]3[C@@H](O)C[C@@]21C. The van der Waals surface area contributed by atoms with Gasteiger partial charge in [0.2, 0.25) is 5.78 Å². The van der Waals surface area contributed by atoms with Crippen molar-refractivity contribution in [3.05, 3.63) is 58.7 Å². The minimum atomic E-state index is -1.66. The molecular formula is C36H50O6. The lowest BCUT2D eigenvalue weighted by Gasteiger charge is -2.59. The summed E-state index contributed by atoms with van der Waals surface area (Å²) in [5.74, 6) is -0.957. The molecule has 3 fully saturated rings. The molecule has 0 unspecified atom stereocenters. The maximum atomic E-state index is 13.5. The van der Waals surface area contributed by atoms with E-state index in [9.17, 15) is 24.6 Å². The van der Waals surface area contributed by atoms with E-state index in [1.807, 2.05) is 19.9 Å². The third-order valence-electron chi connectivity index (χ3n) is 10.9. The van der Waals surface area contributed by atoms with Gasteiger partial charge in [-0.3, -0.25) is 9.59 Å². The number of carbonyl (C=O) groups excluding carboxylic acids is 3. The highest BCUT2D eigenvalue weighted by Gasteiger charge is 2.68. The van der Waals surface area contributed by atoms with Crippen molar-refractivity contribution >= 4 is 17.5 Å². The molecular weight excluding hydrogens is 528 g/mol. The highest BCUT2D eigenvalue weighted by atomic mass is 16.5. The van der Waals surface area contributed by atoms with Crippen molar-refractivity contribution in [2.75, 3.05) is 6.61 Å². The Hall–Kier alpha value is -2.57. The Labute approximate surface area is 251 Å². The Morgan fingerprint density at radius 1 is 1.05 bits per heavy atom. The number of allylic oxidation sites excluding steroid dienone is 9. The van der Waals surface area contributed by atoms with Gasteiger partial charge in [0, 0.05) is 22.8 Å². The molecule has 7 atom stereocenters. The lowest BCUT2D eigenvalue weighted by Crippen LogP contribution is -2.61. The summed E-state index contributed by atoms with van der Waals surface area (Å²) in [5.41, 5.74) is 1.73. The largest absolute Gasteiger partial charge is 0.454 e. The molecule has 0 aliphatic heterocycles.